The van der Waals surface area contributed by atoms with Crippen molar-refractivity contribution in [3.05, 3.63) is 30.1 Å². The number of likely N-dealkylation sites (tertiary alicyclic amines) is 1. The topological polar surface area (TPSA) is 78.1 Å². The molecule has 1 aromatic heterocycles. The first-order valence-electron chi connectivity index (χ1n) is 8.16. The summed E-state index contributed by atoms with van der Waals surface area (Å²) >= 11 is 0. The molecule has 1 fully saturated rings. The molecule has 0 aliphatic carbocycles. The Labute approximate surface area is 135 Å². The van der Waals surface area contributed by atoms with Gasteiger partial charge in [-0.25, -0.2) is 4.98 Å². The van der Waals surface area contributed by atoms with Gasteiger partial charge >= 0.3 is 0 Å². The first kappa shape index (κ1) is 15.5. The lowest BCUT2D eigenvalue weighted by Gasteiger charge is -2.23. The monoisotopic (exact) mass is 314 g/mol. The normalized spacial score (nSPS) is 16.0. The second-order valence-electron chi connectivity index (χ2n) is 5.96. The lowest BCUT2D eigenvalue weighted by Crippen LogP contribution is -2.45. The SMILES string of the molecule is CC(C(=O)NCCCc1nc2ccccc2[nH]1)N1CCCC1=O. The number of aromatic amines is 1. The molecule has 1 aliphatic heterocycles. The first-order valence-corrected chi connectivity index (χ1v) is 8.16. The van der Waals surface area contributed by atoms with Crippen LogP contribution in [0.4, 0.5) is 0 Å². The number of aromatic nitrogens is 2. The van der Waals surface area contributed by atoms with Crippen molar-refractivity contribution in [2.45, 2.75) is 38.6 Å². The summed E-state index contributed by atoms with van der Waals surface area (Å²) in [6.45, 7) is 3.06. The van der Waals surface area contributed by atoms with E-state index in [-0.39, 0.29) is 17.9 Å². The second-order valence-corrected chi connectivity index (χ2v) is 5.96. The van der Waals surface area contributed by atoms with E-state index in [2.05, 4.69) is 15.3 Å². The molecular formula is C17H22N4O2. The van der Waals surface area contributed by atoms with Crippen LogP contribution in [0.15, 0.2) is 24.3 Å². The molecule has 6 nitrogen and oxygen atoms in total. The van der Waals surface area contributed by atoms with E-state index in [9.17, 15) is 9.59 Å². The Morgan fingerprint density at radius 1 is 1.43 bits per heavy atom. The number of carbonyl (C=O) groups excluding carboxylic acids is 2. The van der Waals surface area contributed by atoms with Gasteiger partial charge in [0, 0.05) is 25.9 Å². The van der Waals surface area contributed by atoms with E-state index < -0.39 is 0 Å². The summed E-state index contributed by atoms with van der Waals surface area (Å²) in [5.74, 6) is 0.933. The lowest BCUT2D eigenvalue weighted by molar-refractivity contribution is -0.136. The molecule has 1 atom stereocenters. The average molecular weight is 314 g/mol. The third kappa shape index (κ3) is 3.52. The van der Waals surface area contributed by atoms with E-state index in [1.807, 2.05) is 24.3 Å². The smallest absolute Gasteiger partial charge is 0.242 e. The fourth-order valence-corrected chi connectivity index (χ4v) is 2.96. The molecule has 2 heterocycles. The molecule has 2 amide bonds. The molecule has 1 unspecified atom stereocenters. The van der Waals surface area contributed by atoms with Crippen molar-refractivity contribution in [2.75, 3.05) is 13.1 Å². The van der Waals surface area contributed by atoms with E-state index in [4.69, 9.17) is 0 Å². The summed E-state index contributed by atoms with van der Waals surface area (Å²) in [4.78, 5) is 33.2. The maximum atomic E-state index is 12.1. The standard InChI is InChI=1S/C17H22N4O2/c1-12(21-11-5-9-16(21)22)17(23)18-10-4-8-15-19-13-6-2-3-7-14(13)20-15/h2-3,6-7,12H,4-5,8-11H2,1H3,(H,18,23)(H,19,20). The number of nitrogens with one attached hydrogen (secondary N) is 2. The minimum Gasteiger partial charge on any atom is -0.354 e. The molecule has 2 N–H and O–H groups in total. The molecule has 1 aliphatic rings. The quantitative estimate of drug-likeness (QED) is 0.795. The number of aryl methyl sites for hydroxylation is 1. The number of rotatable bonds is 6. The van der Waals surface area contributed by atoms with Crippen molar-refractivity contribution in [3.8, 4) is 0 Å². The number of carbonyl (C=O) groups is 2. The van der Waals surface area contributed by atoms with Crippen LogP contribution in [0.5, 0.6) is 0 Å². The maximum absolute atomic E-state index is 12.1. The highest BCUT2D eigenvalue weighted by molar-refractivity contribution is 5.88. The number of benzene rings is 1. The molecule has 122 valence electrons. The zero-order chi connectivity index (χ0) is 16.2. The van der Waals surface area contributed by atoms with E-state index in [0.717, 1.165) is 36.1 Å². The Morgan fingerprint density at radius 2 is 2.26 bits per heavy atom. The number of imidazole rings is 1. The Balaban J connectivity index is 1.44. The third-order valence-electron chi connectivity index (χ3n) is 4.28. The predicted molar refractivity (Wildman–Crippen MR) is 87.8 cm³/mol. The predicted octanol–water partition coefficient (Wildman–Crippen LogP) is 1.62. The summed E-state index contributed by atoms with van der Waals surface area (Å²) < 4.78 is 0. The largest absolute Gasteiger partial charge is 0.354 e. The molecule has 0 saturated carbocycles. The molecular weight excluding hydrogens is 292 g/mol. The molecule has 0 radical (unpaired) electrons. The minimum atomic E-state index is -0.379. The number of H-pyrrole nitrogens is 1. The Hall–Kier alpha value is -2.37. The number of hydrogen-bond acceptors (Lipinski definition) is 3. The summed E-state index contributed by atoms with van der Waals surface area (Å²) in [5, 5.41) is 2.91. The van der Waals surface area contributed by atoms with Crippen molar-refractivity contribution < 1.29 is 9.59 Å². The molecule has 1 aromatic carbocycles. The molecule has 3 rings (SSSR count). The van der Waals surface area contributed by atoms with Crippen molar-refractivity contribution in [1.29, 1.82) is 0 Å². The van der Waals surface area contributed by atoms with Gasteiger partial charge in [-0.2, -0.15) is 0 Å². The van der Waals surface area contributed by atoms with Crippen LogP contribution in [0.2, 0.25) is 0 Å². The first-order chi connectivity index (χ1) is 11.1. The highest BCUT2D eigenvalue weighted by Gasteiger charge is 2.28. The molecule has 0 spiro atoms. The van der Waals surface area contributed by atoms with Gasteiger partial charge in [-0.15, -0.1) is 0 Å². The van der Waals surface area contributed by atoms with E-state index in [1.165, 1.54) is 0 Å². The number of nitrogens with zero attached hydrogens (tertiary/aromatic N) is 2. The van der Waals surface area contributed by atoms with E-state index >= 15 is 0 Å². The van der Waals surface area contributed by atoms with Crippen LogP contribution in [0.25, 0.3) is 11.0 Å². The summed E-state index contributed by atoms with van der Waals surface area (Å²) in [6.07, 6.45) is 3.00. The van der Waals surface area contributed by atoms with Crippen molar-refractivity contribution in [1.82, 2.24) is 20.2 Å². The van der Waals surface area contributed by atoms with Gasteiger partial charge in [0.15, 0.2) is 0 Å². The Kier molecular flexibility index (Phi) is 4.60. The highest BCUT2D eigenvalue weighted by Crippen LogP contribution is 2.13. The van der Waals surface area contributed by atoms with Crippen LogP contribution in [-0.4, -0.2) is 45.8 Å². The van der Waals surface area contributed by atoms with Gasteiger partial charge in [0.1, 0.15) is 11.9 Å². The summed E-state index contributed by atoms with van der Waals surface area (Å²) in [5.41, 5.74) is 2.00. The van der Waals surface area contributed by atoms with E-state index in [1.54, 1.807) is 11.8 Å². The van der Waals surface area contributed by atoms with Gasteiger partial charge < -0.3 is 15.2 Å². The molecule has 1 saturated heterocycles. The maximum Gasteiger partial charge on any atom is 0.242 e. The zero-order valence-electron chi connectivity index (χ0n) is 13.3. The molecule has 23 heavy (non-hydrogen) atoms. The Morgan fingerprint density at radius 3 is 3.00 bits per heavy atom. The average Bonchev–Trinajstić information content (AvgIpc) is 3.16. The number of amides is 2. The van der Waals surface area contributed by atoms with Gasteiger partial charge in [-0.1, -0.05) is 12.1 Å². The van der Waals surface area contributed by atoms with Crippen LogP contribution < -0.4 is 5.32 Å². The zero-order valence-corrected chi connectivity index (χ0v) is 13.3. The van der Waals surface area contributed by atoms with Gasteiger partial charge in [-0.05, 0) is 31.9 Å². The minimum absolute atomic E-state index is 0.0786. The molecule has 0 bridgehead atoms. The lowest BCUT2D eigenvalue weighted by atomic mass is 10.2. The second kappa shape index (κ2) is 6.81. The van der Waals surface area contributed by atoms with Gasteiger partial charge in [0.2, 0.25) is 11.8 Å². The van der Waals surface area contributed by atoms with Gasteiger partial charge in [0.05, 0.1) is 11.0 Å². The molecule has 2 aromatic rings. The van der Waals surface area contributed by atoms with Crippen LogP contribution in [0, 0.1) is 0 Å². The fraction of sp³-hybridized carbons (Fsp3) is 0.471. The van der Waals surface area contributed by atoms with Crippen LogP contribution in [0.3, 0.4) is 0 Å². The van der Waals surface area contributed by atoms with E-state index in [0.29, 0.717) is 19.5 Å². The van der Waals surface area contributed by atoms with Crippen LogP contribution in [0.1, 0.15) is 32.0 Å². The van der Waals surface area contributed by atoms with Crippen LogP contribution >= 0.6 is 0 Å². The summed E-state index contributed by atoms with van der Waals surface area (Å²) in [6, 6.07) is 7.55. The summed E-state index contributed by atoms with van der Waals surface area (Å²) in [7, 11) is 0. The van der Waals surface area contributed by atoms with Crippen molar-refractivity contribution >= 4 is 22.8 Å². The fourth-order valence-electron chi connectivity index (χ4n) is 2.96. The number of para-hydroxylation sites is 2. The van der Waals surface area contributed by atoms with Crippen molar-refractivity contribution in [3.63, 3.8) is 0 Å². The third-order valence-corrected chi connectivity index (χ3v) is 4.28. The highest BCUT2D eigenvalue weighted by atomic mass is 16.2. The number of hydrogen-bond donors (Lipinski definition) is 2. The van der Waals surface area contributed by atoms with Crippen molar-refractivity contribution in [2.24, 2.45) is 0 Å². The molecule has 6 heteroatoms. The van der Waals surface area contributed by atoms with Crippen LogP contribution in [-0.2, 0) is 16.0 Å². The van der Waals surface area contributed by atoms with Gasteiger partial charge in [0.25, 0.3) is 0 Å². The van der Waals surface area contributed by atoms with Gasteiger partial charge in [-0.3, -0.25) is 9.59 Å². The Bertz CT molecular complexity index is 676. The number of fused-ring (bicyclic) bond motifs is 1.